The maximum atomic E-state index is 12.5. The maximum Gasteiger partial charge on any atom is 0.416 e. The van der Waals surface area contributed by atoms with Gasteiger partial charge in [-0.25, -0.2) is 0 Å². The lowest BCUT2D eigenvalue weighted by Gasteiger charge is -2.07. The van der Waals surface area contributed by atoms with Gasteiger partial charge in [-0.3, -0.25) is 20.4 Å². The third-order valence-corrected chi connectivity index (χ3v) is 3.34. The Labute approximate surface area is 158 Å². The summed E-state index contributed by atoms with van der Waals surface area (Å²) in [6.07, 6.45) is -2.07. The Morgan fingerprint density at radius 1 is 1.04 bits per heavy atom. The van der Waals surface area contributed by atoms with E-state index in [0.717, 1.165) is 18.2 Å². The van der Waals surface area contributed by atoms with Gasteiger partial charge in [0.1, 0.15) is 5.75 Å². The van der Waals surface area contributed by atoms with E-state index in [-0.39, 0.29) is 6.61 Å². The minimum atomic E-state index is -4.43. The second-order valence-electron chi connectivity index (χ2n) is 5.42. The SMILES string of the molecule is N#Cc1ccc(OCC(=O)NNC(=O)/C=C/c2ccc(C(F)(F)F)cc2)cc1. The predicted molar refractivity (Wildman–Crippen MR) is 93.4 cm³/mol. The molecule has 0 aliphatic rings. The summed E-state index contributed by atoms with van der Waals surface area (Å²) in [6, 6.07) is 12.3. The second-order valence-corrected chi connectivity index (χ2v) is 5.42. The number of nitrogens with one attached hydrogen (secondary N) is 2. The van der Waals surface area contributed by atoms with Gasteiger partial charge in [0, 0.05) is 6.08 Å². The molecular formula is C19H14F3N3O3. The van der Waals surface area contributed by atoms with Crippen LogP contribution in [0.5, 0.6) is 5.75 Å². The van der Waals surface area contributed by atoms with Gasteiger partial charge in [-0.05, 0) is 48.0 Å². The summed E-state index contributed by atoms with van der Waals surface area (Å²) >= 11 is 0. The van der Waals surface area contributed by atoms with Crippen LogP contribution in [0.15, 0.2) is 54.6 Å². The molecule has 0 fully saturated rings. The third kappa shape index (κ3) is 6.49. The molecule has 0 aliphatic heterocycles. The Balaban J connectivity index is 1.75. The number of rotatable bonds is 5. The predicted octanol–water partition coefficient (Wildman–Crippen LogP) is 2.82. The van der Waals surface area contributed by atoms with Gasteiger partial charge in [0.15, 0.2) is 6.61 Å². The van der Waals surface area contributed by atoms with E-state index in [1.807, 2.05) is 6.07 Å². The van der Waals surface area contributed by atoms with E-state index in [9.17, 15) is 22.8 Å². The first-order valence-electron chi connectivity index (χ1n) is 7.85. The summed E-state index contributed by atoms with van der Waals surface area (Å²) in [5.74, 6) is -0.921. The van der Waals surface area contributed by atoms with E-state index in [0.29, 0.717) is 16.9 Å². The van der Waals surface area contributed by atoms with E-state index < -0.39 is 23.6 Å². The van der Waals surface area contributed by atoms with E-state index in [4.69, 9.17) is 10.00 Å². The van der Waals surface area contributed by atoms with Crippen molar-refractivity contribution in [1.29, 1.82) is 5.26 Å². The number of amides is 2. The van der Waals surface area contributed by atoms with Gasteiger partial charge in [-0.2, -0.15) is 18.4 Å². The number of nitrogens with zero attached hydrogens (tertiary/aromatic N) is 1. The van der Waals surface area contributed by atoms with Crippen molar-refractivity contribution in [3.8, 4) is 11.8 Å². The minimum absolute atomic E-state index is 0.366. The molecule has 2 rings (SSSR count). The first kappa shape index (κ1) is 20.5. The molecule has 0 atom stereocenters. The molecule has 0 radical (unpaired) electrons. The number of hydrazine groups is 1. The quantitative estimate of drug-likeness (QED) is 0.608. The Morgan fingerprint density at radius 2 is 1.68 bits per heavy atom. The zero-order valence-corrected chi connectivity index (χ0v) is 14.3. The highest BCUT2D eigenvalue weighted by atomic mass is 19.4. The molecule has 2 N–H and O–H groups in total. The largest absolute Gasteiger partial charge is 0.484 e. The Kier molecular flexibility index (Phi) is 6.76. The van der Waals surface area contributed by atoms with Crippen LogP contribution < -0.4 is 15.6 Å². The van der Waals surface area contributed by atoms with Crippen molar-refractivity contribution >= 4 is 17.9 Å². The Bertz CT molecular complexity index is 899. The molecule has 0 bridgehead atoms. The molecule has 2 amide bonds. The summed E-state index contributed by atoms with van der Waals surface area (Å²) in [7, 11) is 0. The highest BCUT2D eigenvalue weighted by Crippen LogP contribution is 2.29. The van der Waals surface area contributed by atoms with Crippen molar-refractivity contribution in [3.63, 3.8) is 0 Å². The third-order valence-electron chi connectivity index (χ3n) is 3.34. The second kappa shape index (κ2) is 9.23. The van der Waals surface area contributed by atoms with Crippen molar-refractivity contribution in [2.75, 3.05) is 6.61 Å². The standard InChI is InChI=1S/C19H14F3N3O3/c20-19(21,22)15-6-1-13(2-7-15)5-10-17(26)24-25-18(27)12-28-16-8-3-14(11-23)4-9-16/h1-10H,12H2,(H,24,26)(H,25,27)/b10-5+. The van der Waals surface area contributed by atoms with Crippen LogP contribution in [0.3, 0.4) is 0 Å². The fourth-order valence-electron chi connectivity index (χ4n) is 1.94. The van der Waals surface area contributed by atoms with Gasteiger partial charge < -0.3 is 4.74 Å². The van der Waals surface area contributed by atoms with Gasteiger partial charge in [0.25, 0.3) is 11.8 Å². The minimum Gasteiger partial charge on any atom is -0.484 e. The Hall–Kier alpha value is -3.80. The first-order chi connectivity index (χ1) is 13.3. The molecule has 0 heterocycles. The van der Waals surface area contributed by atoms with Crippen LogP contribution in [0, 0.1) is 11.3 Å². The molecule has 144 valence electrons. The fourth-order valence-corrected chi connectivity index (χ4v) is 1.94. The molecule has 2 aromatic rings. The molecule has 0 aliphatic carbocycles. The van der Waals surface area contributed by atoms with Crippen molar-refractivity contribution in [2.24, 2.45) is 0 Å². The van der Waals surface area contributed by atoms with Crippen molar-refractivity contribution < 1.29 is 27.5 Å². The summed E-state index contributed by atoms with van der Waals surface area (Å²) in [6.45, 7) is -0.366. The lowest BCUT2D eigenvalue weighted by Crippen LogP contribution is -2.43. The van der Waals surface area contributed by atoms with Crippen molar-refractivity contribution in [1.82, 2.24) is 10.9 Å². The lowest BCUT2D eigenvalue weighted by molar-refractivity contribution is -0.137. The van der Waals surface area contributed by atoms with Gasteiger partial charge in [0.2, 0.25) is 0 Å². The number of hydrogen-bond donors (Lipinski definition) is 2. The van der Waals surface area contributed by atoms with Crippen LogP contribution in [0.4, 0.5) is 13.2 Å². The number of alkyl halides is 3. The normalized spacial score (nSPS) is 10.9. The topological polar surface area (TPSA) is 91.2 Å². The van der Waals surface area contributed by atoms with E-state index in [1.165, 1.54) is 42.5 Å². The smallest absolute Gasteiger partial charge is 0.416 e. The van der Waals surface area contributed by atoms with Gasteiger partial charge in [-0.15, -0.1) is 0 Å². The summed E-state index contributed by atoms with van der Waals surface area (Å²) in [5, 5.41) is 8.68. The molecule has 0 saturated heterocycles. The number of halogens is 3. The summed E-state index contributed by atoms with van der Waals surface area (Å²) in [5.41, 5.74) is 4.29. The van der Waals surface area contributed by atoms with Crippen LogP contribution in [-0.4, -0.2) is 18.4 Å². The number of carbonyl (C=O) groups is 2. The zero-order chi connectivity index (χ0) is 20.6. The highest BCUT2D eigenvalue weighted by molar-refractivity contribution is 5.93. The van der Waals surface area contributed by atoms with Crippen LogP contribution in [0.1, 0.15) is 16.7 Å². The Morgan fingerprint density at radius 3 is 2.25 bits per heavy atom. The summed E-state index contributed by atoms with van der Waals surface area (Å²) < 4.78 is 42.6. The molecule has 0 spiro atoms. The van der Waals surface area contributed by atoms with Crippen LogP contribution in [0.25, 0.3) is 6.08 Å². The van der Waals surface area contributed by atoms with Gasteiger partial charge in [-0.1, -0.05) is 12.1 Å². The van der Waals surface area contributed by atoms with Gasteiger partial charge >= 0.3 is 6.18 Å². The number of carbonyl (C=O) groups excluding carboxylic acids is 2. The van der Waals surface area contributed by atoms with Crippen molar-refractivity contribution in [2.45, 2.75) is 6.18 Å². The number of nitriles is 1. The number of hydrogen-bond acceptors (Lipinski definition) is 4. The molecule has 0 saturated carbocycles. The van der Waals surface area contributed by atoms with Crippen LogP contribution in [-0.2, 0) is 15.8 Å². The van der Waals surface area contributed by atoms with Crippen molar-refractivity contribution in [3.05, 3.63) is 71.3 Å². The maximum absolute atomic E-state index is 12.5. The average Bonchev–Trinajstić information content (AvgIpc) is 2.69. The fraction of sp³-hybridized carbons (Fsp3) is 0.105. The zero-order valence-electron chi connectivity index (χ0n) is 14.3. The van der Waals surface area contributed by atoms with E-state index in [2.05, 4.69) is 10.9 Å². The molecular weight excluding hydrogens is 375 g/mol. The molecule has 2 aromatic carbocycles. The average molecular weight is 389 g/mol. The van der Waals surface area contributed by atoms with Crippen LogP contribution >= 0.6 is 0 Å². The van der Waals surface area contributed by atoms with Gasteiger partial charge in [0.05, 0.1) is 17.2 Å². The highest BCUT2D eigenvalue weighted by Gasteiger charge is 2.29. The van der Waals surface area contributed by atoms with Crippen LogP contribution in [0.2, 0.25) is 0 Å². The number of ether oxygens (including phenoxy) is 1. The molecule has 28 heavy (non-hydrogen) atoms. The van der Waals surface area contributed by atoms with E-state index >= 15 is 0 Å². The number of benzene rings is 2. The summed E-state index contributed by atoms with van der Waals surface area (Å²) in [4.78, 5) is 23.2. The first-order valence-corrected chi connectivity index (χ1v) is 7.85. The molecule has 6 nitrogen and oxygen atoms in total. The van der Waals surface area contributed by atoms with E-state index in [1.54, 1.807) is 0 Å². The lowest BCUT2D eigenvalue weighted by atomic mass is 10.1. The molecule has 0 aromatic heterocycles. The molecule has 0 unspecified atom stereocenters. The molecule has 9 heteroatoms. The monoisotopic (exact) mass is 389 g/mol.